The molecule has 1 aromatic rings. The van der Waals surface area contributed by atoms with Gasteiger partial charge >= 0.3 is 11.9 Å². The van der Waals surface area contributed by atoms with Gasteiger partial charge in [0.25, 0.3) is 0 Å². The summed E-state index contributed by atoms with van der Waals surface area (Å²) in [6.07, 6.45) is 0.469. The highest BCUT2D eigenvalue weighted by atomic mass is 16.5. The van der Waals surface area contributed by atoms with Crippen molar-refractivity contribution in [2.75, 3.05) is 7.11 Å². The maximum absolute atomic E-state index is 11.9. The quantitative estimate of drug-likeness (QED) is 0.885. The van der Waals surface area contributed by atoms with Crippen molar-refractivity contribution in [1.29, 1.82) is 0 Å². The van der Waals surface area contributed by atoms with Crippen molar-refractivity contribution >= 4 is 17.5 Å². The van der Waals surface area contributed by atoms with Crippen molar-refractivity contribution in [2.24, 2.45) is 10.8 Å². The molecule has 126 valence electrons. The lowest BCUT2D eigenvalue weighted by atomic mass is 9.72. The van der Waals surface area contributed by atoms with Crippen molar-refractivity contribution in [3.8, 4) is 5.75 Å². The smallest absolute Gasteiger partial charge is 0.333 e. The van der Waals surface area contributed by atoms with Gasteiger partial charge in [0.05, 0.1) is 18.3 Å². The number of aliphatic carboxylic acids is 2. The van der Waals surface area contributed by atoms with E-state index in [4.69, 9.17) is 4.74 Å². The van der Waals surface area contributed by atoms with Crippen molar-refractivity contribution in [3.63, 3.8) is 0 Å². The number of benzene rings is 1. The monoisotopic (exact) mass is 328 g/mol. The van der Waals surface area contributed by atoms with Gasteiger partial charge in [0.1, 0.15) is 5.75 Å². The van der Waals surface area contributed by atoms with Gasteiger partial charge in [-0.05, 0) is 36.6 Å². The van der Waals surface area contributed by atoms with Gasteiger partial charge < -0.3 is 14.9 Å². The van der Waals surface area contributed by atoms with Gasteiger partial charge in [0.15, 0.2) is 0 Å². The summed E-state index contributed by atoms with van der Waals surface area (Å²) in [6.45, 7) is 5.57. The molecule has 2 unspecified atom stereocenters. The van der Waals surface area contributed by atoms with Crippen LogP contribution in [0.15, 0.2) is 41.0 Å². The number of hydrogen-bond acceptors (Lipinski definition) is 3. The number of rotatable bonds is 4. The number of carbonyl (C=O) groups is 2. The van der Waals surface area contributed by atoms with E-state index in [1.807, 2.05) is 45.0 Å². The highest BCUT2D eigenvalue weighted by Gasteiger charge is 2.62. The molecule has 0 radical (unpaired) electrons. The SMILES string of the molecule is COc1ccc(C2=C(C)C3(C)CC2(C)C(C(=O)O)=C3C(=O)O)cc1. The Bertz CT molecular complexity index is 815. The van der Waals surface area contributed by atoms with Gasteiger partial charge in [0, 0.05) is 10.8 Å². The molecular weight excluding hydrogens is 308 g/mol. The second kappa shape index (κ2) is 4.97. The average molecular weight is 328 g/mol. The predicted octanol–water partition coefficient (Wildman–Crippen LogP) is 3.36. The summed E-state index contributed by atoms with van der Waals surface area (Å²) in [5.41, 5.74) is 1.20. The fourth-order valence-electron chi connectivity index (χ4n) is 4.64. The summed E-state index contributed by atoms with van der Waals surface area (Å²) in [6, 6.07) is 7.45. The van der Waals surface area contributed by atoms with Gasteiger partial charge in [-0.3, -0.25) is 0 Å². The number of hydrogen-bond donors (Lipinski definition) is 2. The summed E-state index contributed by atoms with van der Waals surface area (Å²) >= 11 is 0. The van der Waals surface area contributed by atoms with Crippen LogP contribution in [0.2, 0.25) is 0 Å². The van der Waals surface area contributed by atoms with Gasteiger partial charge in [-0.1, -0.05) is 31.6 Å². The molecule has 0 fully saturated rings. The number of carboxylic acid groups (broad SMARTS) is 2. The maximum Gasteiger partial charge on any atom is 0.333 e. The number of carboxylic acids is 2. The summed E-state index contributed by atoms with van der Waals surface area (Å²) in [7, 11) is 1.59. The molecule has 2 atom stereocenters. The molecule has 0 spiro atoms. The Balaban J connectivity index is 2.24. The zero-order valence-electron chi connectivity index (χ0n) is 14.1. The van der Waals surface area contributed by atoms with E-state index in [1.54, 1.807) is 7.11 Å². The Morgan fingerprint density at radius 1 is 1.00 bits per heavy atom. The molecule has 0 amide bonds. The Hall–Kier alpha value is -2.56. The summed E-state index contributed by atoms with van der Waals surface area (Å²) in [5.74, 6) is -1.58. The number of methoxy groups -OCH3 is 1. The molecule has 2 aliphatic rings. The van der Waals surface area contributed by atoms with Crippen LogP contribution in [0.25, 0.3) is 5.57 Å². The lowest BCUT2D eigenvalue weighted by Crippen LogP contribution is -2.27. The minimum atomic E-state index is -1.16. The van der Waals surface area contributed by atoms with Gasteiger partial charge in [0.2, 0.25) is 0 Å². The predicted molar refractivity (Wildman–Crippen MR) is 88.7 cm³/mol. The van der Waals surface area contributed by atoms with Crippen molar-refractivity contribution in [1.82, 2.24) is 0 Å². The topological polar surface area (TPSA) is 83.8 Å². The van der Waals surface area contributed by atoms with E-state index in [-0.39, 0.29) is 11.1 Å². The summed E-state index contributed by atoms with van der Waals surface area (Å²) in [4.78, 5) is 23.6. The van der Waals surface area contributed by atoms with Crippen LogP contribution in [0, 0.1) is 10.8 Å². The fourth-order valence-corrected chi connectivity index (χ4v) is 4.64. The highest BCUT2D eigenvalue weighted by molar-refractivity contribution is 6.08. The maximum atomic E-state index is 11.9. The second-order valence-corrected chi connectivity index (χ2v) is 6.93. The molecule has 1 aromatic carbocycles. The number of fused-ring (bicyclic) bond motifs is 2. The Labute approximate surface area is 140 Å². The van der Waals surface area contributed by atoms with Crippen molar-refractivity contribution in [2.45, 2.75) is 27.2 Å². The van der Waals surface area contributed by atoms with Gasteiger partial charge in [-0.15, -0.1) is 0 Å². The van der Waals surface area contributed by atoms with Gasteiger partial charge in [-0.25, -0.2) is 9.59 Å². The highest BCUT2D eigenvalue weighted by Crippen LogP contribution is 2.68. The van der Waals surface area contributed by atoms with Crippen molar-refractivity contribution < 1.29 is 24.5 Å². The zero-order chi connectivity index (χ0) is 17.9. The Morgan fingerprint density at radius 2 is 1.50 bits per heavy atom. The molecule has 0 aromatic heterocycles. The van der Waals surface area contributed by atoms with E-state index < -0.39 is 22.8 Å². The van der Waals surface area contributed by atoms with E-state index in [1.165, 1.54) is 0 Å². The lowest BCUT2D eigenvalue weighted by molar-refractivity contribution is -0.136. The van der Waals surface area contributed by atoms with Crippen LogP contribution in [0.5, 0.6) is 5.75 Å². The van der Waals surface area contributed by atoms with Crippen molar-refractivity contribution in [3.05, 3.63) is 46.5 Å². The minimum Gasteiger partial charge on any atom is -0.497 e. The standard InChI is InChI=1S/C19H20O5/c1-10-13(11-5-7-12(24-4)8-6-11)19(3)9-18(10,2)14(16(20)21)15(19)17(22)23/h5-8H,9H2,1-4H3,(H,20,21)(H,22,23). The fraction of sp³-hybridized carbons (Fsp3) is 0.368. The van der Waals surface area contributed by atoms with E-state index in [0.717, 1.165) is 22.5 Å². The summed E-state index contributed by atoms with van der Waals surface area (Å²) < 4.78 is 5.18. The van der Waals surface area contributed by atoms with E-state index in [9.17, 15) is 19.8 Å². The zero-order valence-corrected chi connectivity index (χ0v) is 14.1. The molecule has 0 saturated carbocycles. The molecule has 0 heterocycles. The first-order valence-corrected chi connectivity index (χ1v) is 7.75. The van der Waals surface area contributed by atoms with E-state index in [2.05, 4.69) is 0 Å². The normalized spacial score (nSPS) is 28.5. The lowest BCUT2D eigenvalue weighted by Gasteiger charge is -2.31. The average Bonchev–Trinajstić information content (AvgIpc) is 2.88. The van der Waals surface area contributed by atoms with Crippen LogP contribution in [0.4, 0.5) is 0 Å². The molecule has 2 aliphatic carbocycles. The van der Waals surface area contributed by atoms with E-state index in [0.29, 0.717) is 6.42 Å². The molecule has 2 bridgehead atoms. The Morgan fingerprint density at radius 3 is 1.96 bits per heavy atom. The van der Waals surface area contributed by atoms with Crippen LogP contribution in [-0.4, -0.2) is 29.3 Å². The van der Waals surface area contributed by atoms with Crippen LogP contribution in [-0.2, 0) is 9.59 Å². The third kappa shape index (κ3) is 1.87. The molecule has 5 heteroatoms. The Kier molecular flexibility index (Phi) is 3.37. The molecule has 0 saturated heterocycles. The van der Waals surface area contributed by atoms with E-state index >= 15 is 0 Å². The molecule has 3 rings (SSSR count). The van der Waals surface area contributed by atoms with Crippen LogP contribution >= 0.6 is 0 Å². The first kappa shape index (κ1) is 16.3. The molecule has 24 heavy (non-hydrogen) atoms. The van der Waals surface area contributed by atoms with Crippen LogP contribution in [0.3, 0.4) is 0 Å². The largest absolute Gasteiger partial charge is 0.497 e. The number of allylic oxidation sites excluding steroid dienone is 2. The van der Waals surface area contributed by atoms with Crippen LogP contribution < -0.4 is 4.74 Å². The van der Waals surface area contributed by atoms with Crippen LogP contribution in [0.1, 0.15) is 32.8 Å². The summed E-state index contributed by atoms with van der Waals surface area (Å²) in [5, 5.41) is 19.3. The molecule has 5 nitrogen and oxygen atoms in total. The van der Waals surface area contributed by atoms with Gasteiger partial charge in [-0.2, -0.15) is 0 Å². The third-order valence-electron chi connectivity index (χ3n) is 5.62. The number of ether oxygens (including phenoxy) is 1. The molecule has 0 aliphatic heterocycles. The first-order valence-electron chi connectivity index (χ1n) is 7.75. The minimum absolute atomic E-state index is 0.00826. The third-order valence-corrected chi connectivity index (χ3v) is 5.62. The molecular formula is C19H20O5. The second-order valence-electron chi connectivity index (χ2n) is 6.93. The molecule has 2 N–H and O–H groups in total. The first-order chi connectivity index (χ1) is 11.2.